The number of piperazine rings is 1. The normalized spacial score (nSPS) is 17.7. The third kappa shape index (κ3) is 4.79. The van der Waals surface area contributed by atoms with Crippen LogP contribution < -0.4 is 5.73 Å². The van der Waals surface area contributed by atoms with E-state index in [9.17, 15) is 4.79 Å². The second kappa shape index (κ2) is 8.10. The lowest BCUT2D eigenvalue weighted by molar-refractivity contribution is -0.134. The fraction of sp³-hybridized carbons (Fsp3) is 0.625. The summed E-state index contributed by atoms with van der Waals surface area (Å²) in [6, 6.07) is 5.65. The number of carbonyl (C=O) groups is 1. The average Bonchev–Trinajstić information content (AvgIpc) is 2.53. The van der Waals surface area contributed by atoms with Gasteiger partial charge in [-0.25, -0.2) is 0 Å². The highest BCUT2D eigenvalue weighted by Gasteiger charge is 2.24. The molecule has 0 radical (unpaired) electrons. The maximum atomic E-state index is 12.2. The first-order valence-electron chi connectivity index (χ1n) is 7.87. The maximum absolute atomic E-state index is 12.2. The molecule has 0 saturated carbocycles. The number of amides is 1. The van der Waals surface area contributed by atoms with Gasteiger partial charge in [-0.05, 0) is 18.6 Å². The summed E-state index contributed by atoms with van der Waals surface area (Å²) in [6.45, 7) is 6.29. The number of hydrogen-bond acceptors (Lipinski definition) is 4. The summed E-state index contributed by atoms with van der Waals surface area (Å²) in [5, 5.41) is 0. The Morgan fingerprint density at radius 1 is 1.33 bits per heavy atom. The molecule has 116 valence electrons. The number of unbranched alkanes of at least 4 members (excludes halogenated alkanes) is 1. The van der Waals surface area contributed by atoms with Crippen molar-refractivity contribution in [3.63, 3.8) is 0 Å². The Balaban J connectivity index is 1.76. The van der Waals surface area contributed by atoms with Gasteiger partial charge in [-0.15, -0.1) is 0 Å². The number of nitrogens with two attached hydrogens (primary N) is 1. The smallest absolute Gasteiger partial charge is 0.239 e. The standard InChI is InChI=1S/C16H26N4O/c1-2-3-7-15(17)16(21)20-11-9-19(10-12-20)13-14-6-4-5-8-18-14/h4-6,8,15H,2-3,7,9-13,17H2,1H3. The molecule has 21 heavy (non-hydrogen) atoms. The molecule has 1 atom stereocenters. The minimum Gasteiger partial charge on any atom is -0.339 e. The SMILES string of the molecule is CCCCC(N)C(=O)N1CCN(Cc2ccccn2)CC1. The molecule has 0 aliphatic carbocycles. The fourth-order valence-corrected chi connectivity index (χ4v) is 2.63. The van der Waals surface area contributed by atoms with Crippen LogP contribution in [0.2, 0.25) is 0 Å². The van der Waals surface area contributed by atoms with E-state index in [1.807, 2.05) is 29.3 Å². The van der Waals surface area contributed by atoms with E-state index in [1.54, 1.807) is 0 Å². The maximum Gasteiger partial charge on any atom is 0.239 e. The zero-order valence-corrected chi connectivity index (χ0v) is 12.9. The molecule has 1 amide bonds. The van der Waals surface area contributed by atoms with Gasteiger partial charge >= 0.3 is 0 Å². The van der Waals surface area contributed by atoms with Crippen molar-refractivity contribution in [1.29, 1.82) is 0 Å². The van der Waals surface area contributed by atoms with E-state index in [0.29, 0.717) is 0 Å². The van der Waals surface area contributed by atoms with Crippen molar-refractivity contribution >= 4 is 5.91 Å². The van der Waals surface area contributed by atoms with Crippen LogP contribution in [0, 0.1) is 0 Å². The van der Waals surface area contributed by atoms with Crippen LogP contribution in [0.4, 0.5) is 0 Å². The summed E-state index contributed by atoms with van der Waals surface area (Å²) in [5.41, 5.74) is 7.06. The van der Waals surface area contributed by atoms with Crippen LogP contribution in [0.15, 0.2) is 24.4 Å². The van der Waals surface area contributed by atoms with Gasteiger partial charge < -0.3 is 10.6 Å². The first kappa shape index (κ1) is 15.9. The van der Waals surface area contributed by atoms with E-state index in [-0.39, 0.29) is 11.9 Å². The van der Waals surface area contributed by atoms with Crippen molar-refractivity contribution in [2.75, 3.05) is 26.2 Å². The molecule has 0 aromatic carbocycles. The summed E-state index contributed by atoms with van der Waals surface area (Å²) in [5.74, 6) is 0.112. The van der Waals surface area contributed by atoms with Crippen LogP contribution in [-0.4, -0.2) is 52.9 Å². The molecule has 5 nitrogen and oxygen atoms in total. The highest BCUT2D eigenvalue weighted by atomic mass is 16.2. The van der Waals surface area contributed by atoms with Crippen LogP contribution >= 0.6 is 0 Å². The molecule has 1 unspecified atom stereocenters. The van der Waals surface area contributed by atoms with Gasteiger partial charge in [0.2, 0.25) is 5.91 Å². The van der Waals surface area contributed by atoms with E-state index in [0.717, 1.165) is 57.7 Å². The number of pyridine rings is 1. The predicted molar refractivity (Wildman–Crippen MR) is 83.6 cm³/mol. The topological polar surface area (TPSA) is 62.5 Å². The second-order valence-corrected chi connectivity index (χ2v) is 5.67. The molecule has 2 N–H and O–H groups in total. The lowest BCUT2D eigenvalue weighted by Crippen LogP contribution is -2.52. The van der Waals surface area contributed by atoms with Gasteiger partial charge in [0.25, 0.3) is 0 Å². The molecule has 1 aliphatic heterocycles. The van der Waals surface area contributed by atoms with Crippen molar-refractivity contribution in [3.8, 4) is 0 Å². The fourth-order valence-electron chi connectivity index (χ4n) is 2.63. The van der Waals surface area contributed by atoms with Crippen LogP contribution in [0.5, 0.6) is 0 Å². The molecule has 1 aliphatic rings. The lowest BCUT2D eigenvalue weighted by Gasteiger charge is -2.35. The van der Waals surface area contributed by atoms with Gasteiger partial charge in [-0.2, -0.15) is 0 Å². The third-order valence-electron chi connectivity index (χ3n) is 3.98. The number of rotatable bonds is 6. The molecule has 1 fully saturated rings. The molecule has 1 aromatic rings. The van der Waals surface area contributed by atoms with Crippen molar-refractivity contribution < 1.29 is 4.79 Å². The predicted octanol–water partition coefficient (Wildman–Crippen LogP) is 1.24. The monoisotopic (exact) mass is 290 g/mol. The Morgan fingerprint density at radius 3 is 2.71 bits per heavy atom. The highest BCUT2D eigenvalue weighted by molar-refractivity contribution is 5.81. The summed E-state index contributed by atoms with van der Waals surface area (Å²) in [7, 11) is 0. The van der Waals surface area contributed by atoms with Crippen LogP contribution in [0.3, 0.4) is 0 Å². The minimum atomic E-state index is -0.327. The van der Waals surface area contributed by atoms with Crippen molar-refractivity contribution in [2.45, 2.75) is 38.8 Å². The van der Waals surface area contributed by atoms with Gasteiger partial charge in [-0.3, -0.25) is 14.7 Å². The Morgan fingerprint density at radius 2 is 2.10 bits per heavy atom. The molecule has 0 bridgehead atoms. The highest BCUT2D eigenvalue weighted by Crippen LogP contribution is 2.09. The van der Waals surface area contributed by atoms with Crippen LogP contribution in [0.25, 0.3) is 0 Å². The zero-order valence-electron chi connectivity index (χ0n) is 12.9. The number of aromatic nitrogens is 1. The summed E-state index contributed by atoms with van der Waals surface area (Å²) in [6.07, 6.45) is 4.72. The molecule has 5 heteroatoms. The first-order valence-corrected chi connectivity index (χ1v) is 7.87. The van der Waals surface area contributed by atoms with Gasteiger partial charge in [0, 0.05) is 38.9 Å². The van der Waals surface area contributed by atoms with E-state index in [2.05, 4.69) is 16.8 Å². The molecule has 2 heterocycles. The second-order valence-electron chi connectivity index (χ2n) is 5.67. The van der Waals surface area contributed by atoms with E-state index >= 15 is 0 Å². The summed E-state index contributed by atoms with van der Waals surface area (Å²) < 4.78 is 0. The molecular formula is C16H26N4O. The van der Waals surface area contributed by atoms with E-state index in [4.69, 9.17) is 5.73 Å². The molecule has 0 spiro atoms. The Kier molecular flexibility index (Phi) is 6.14. The van der Waals surface area contributed by atoms with Crippen LogP contribution in [-0.2, 0) is 11.3 Å². The Hall–Kier alpha value is -1.46. The van der Waals surface area contributed by atoms with Gasteiger partial charge in [0.05, 0.1) is 11.7 Å². The van der Waals surface area contributed by atoms with Crippen LogP contribution in [0.1, 0.15) is 31.9 Å². The molecule has 2 rings (SSSR count). The Labute approximate surface area is 127 Å². The quantitative estimate of drug-likeness (QED) is 0.856. The average molecular weight is 290 g/mol. The number of nitrogens with zero attached hydrogens (tertiary/aromatic N) is 3. The summed E-state index contributed by atoms with van der Waals surface area (Å²) in [4.78, 5) is 20.8. The molecule has 1 saturated heterocycles. The van der Waals surface area contributed by atoms with Crippen molar-refractivity contribution in [2.24, 2.45) is 5.73 Å². The largest absolute Gasteiger partial charge is 0.339 e. The van der Waals surface area contributed by atoms with E-state index < -0.39 is 0 Å². The lowest BCUT2D eigenvalue weighted by atomic mass is 10.1. The van der Waals surface area contributed by atoms with Crippen molar-refractivity contribution in [3.05, 3.63) is 30.1 Å². The zero-order chi connectivity index (χ0) is 15.1. The number of hydrogen-bond donors (Lipinski definition) is 1. The third-order valence-corrected chi connectivity index (χ3v) is 3.98. The van der Waals surface area contributed by atoms with Gasteiger partial charge in [0.15, 0.2) is 0 Å². The van der Waals surface area contributed by atoms with Gasteiger partial charge in [0.1, 0.15) is 0 Å². The molecular weight excluding hydrogens is 264 g/mol. The minimum absolute atomic E-state index is 0.112. The van der Waals surface area contributed by atoms with E-state index in [1.165, 1.54) is 0 Å². The summed E-state index contributed by atoms with van der Waals surface area (Å²) >= 11 is 0. The first-order chi connectivity index (χ1) is 10.2. The molecule has 1 aromatic heterocycles. The van der Waals surface area contributed by atoms with Gasteiger partial charge in [-0.1, -0.05) is 25.8 Å². The van der Waals surface area contributed by atoms with Crippen molar-refractivity contribution in [1.82, 2.24) is 14.8 Å². The number of carbonyl (C=O) groups excluding carboxylic acids is 1. The Bertz CT molecular complexity index is 429.